The summed E-state index contributed by atoms with van der Waals surface area (Å²) in [5.74, 6) is 2.24. The summed E-state index contributed by atoms with van der Waals surface area (Å²) in [5, 5.41) is 0. The molecule has 0 amide bonds. The van der Waals surface area contributed by atoms with Crippen LogP contribution in [0.1, 0.15) is 11.6 Å². The van der Waals surface area contributed by atoms with E-state index in [1.165, 1.54) is 0 Å². The van der Waals surface area contributed by atoms with Crippen LogP contribution in [-0.2, 0) is 0 Å². The van der Waals surface area contributed by atoms with Crippen LogP contribution in [0, 0.1) is 0 Å². The molecule has 0 saturated heterocycles. The first-order valence-electron chi connectivity index (χ1n) is 6.39. The van der Waals surface area contributed by atoms with Crippen molar-refractivity contribution in [2.45, 2.75) is 6.04 Å². The number of nitrogens with two attached hydrogens (primary N) is 1. The van der Waals surface area contributed by atoms with E-state index in [9.17, 15) is 0 Å². The summed E-state index contributed by atoms with van der Waals surface area (Å²) in [5.41, 5.74) is 7.07. The molecule has 1 atom stereocenters. The van der Waals surface area contributed by atoms with Crippen LogP contribution in [0.5, 0.6) is 17.2 Å². The fourth-order valence-electron chi connectivity index (χ4n) is 1.84. The second kappa shape index (κ2) is 6.82. The number of benzene rings is 2. The van der Waals surface area contributed by atoms with Crippen molar-refractivity contribution in [3.05, 3.63) is 54.1 Å². The normalized spacial score (nSPS) is 11.8. The van der Waals surface area contributed by atoms with Gasteiger partial charge in [-0.05, 0) is 29.8 Å². The molecule has 0 spiro atoms. The fraction of sp³-hybridized carbons (Fsp3) is 0.250. The molecule has 0 aliphatic rings. The van der Waals surface area contributed by atoms with Crippen molar-refractivity contribution >= 4 is 0 Å². The highest BCUT2D eigenvalue weighted by molar-refractivity contribution is 5.39. The first kappa shape index (κ1) is 14.2. The number of hydrogen-bond acceptors (Lipinski definition) is 4. The smallest absolute Gasteiger partial charge is 0.122 e. The summed E-state index contributed by atoms with van der Waals surface area (Å²) in [6, 6.07) is 14.9. The van der Waals surface area contributed by atoms with E-state index < -0.39 is 0 Å². The summed E-state index contributed by atoms with van der Waals surface area (Å²) in [6.45, 7) is 0.389. The topological polar surface area (TPSA) is 53.7 Å². The van der Waals surface area contributed by atoms with Gasteiger partial charge in [-0.25, -0.2) is 0 Å². The van der Waals surface area contributed by atoms with Crippen LogP contribution < -0.4 is 19.9 Å². The molecule has 2 rings (SSSR count). The van der Waals surface area contributed by atoms with E-state index in [-0.39, 0.29) is 6.04 Å². The third-order valence-electron chi connectivity index (χ3n) is 2.97. The minimum atomic E-state index is -0.251. The molecule has 2 aromatic carbocycles. The van der Waals surface area contributed by atoms with Gasteiger partial charge < -0.3 is 19.9 Å². The van der Waals surface area contributed by atoms with E-state index in [1.807, 2.05) is 48.5 Å². The molecule has 2 N–H and O–H groups in total. The Morgan fingerprint density at radius 3 is 2.05 bits per heavy atom. The van der Waals surface area contributed by atoms with Crippen molar-refractivity contribution in [1.29, 1.82) is 0 Å². The second-order valence-corrected chi connectivity index (χ2v) is 4.38. The molecule has 2 aromatic rings. The molecule has 20 heavy (non-hydrogen) atoms. The molecule has 0 fully saturated rings. The molecule has 0 radical (unpaired) electrons. The van der Waals surface area contributed by atoms with Crippen LogP contribution in [0.2, 0.25) is 0 Å². The van der Waals surface area contributed by atoms with Crippen molar-refractivity contribution in [2.24, 2.45) is 5.73 Å². The van der Waals surface area contributed by atoms with Gasteiger partial charge in [0.15, 0.2) is 0 Å². The molecule has 1 unspecified atom stereocenters. The lowest BCUT2D eigenvalue weighted by atomic mass is 10.1. The van der Waals surface area contributed by atoms with Gasteiger partial charge >= 0.3 is 0 Å². The van der Waals surface area contributed by atoms with Gasteiger partial charge in [0, 0.05) is 6.07 Å². The Kier molecular flexibility index (Phi) is 4.85. The van der Waals surface area contributed by atoms with Gasteiger partial charge in [-0.3, -0.25) is 0 Å². The van der Waals surface area contributed by atoms with E-state index in [0.29, 0.717) is 6.61 Å². The molecule has 0 bridgehead atoms. The van der Waals surface area contributed by atoms with Gasteiger partial charge in [-0.1, -0.05) is 18.2 Å². The molecule has 0 aliphatic heterocycles. The average molecular weight is 273 g/mol. The van der Waals surface area contributed by atoms with Crippen molar-refractivity contribution in [1.82, 2.24) is 0 Å². The Morgan fingerprint density at radius 2 is 1.50 bits per heavy atom. The minimum absolute atomic E-state index is 0.251. The van der Waals surface area contributed by atoms with Gasteiger partial charge in [0.2, 0.25) is 0 Å². The van der Waals surface area contributed by atoms with E-state index >= 15 is 0 Å². The number of rotatable bonds is 6. The Hall–Kier alpha value is -2.20. The molecule has 106 valence electrons. The zero-order valence-corrected chi connectivity index (χ0v) is 11.7. The lowest BCUT2D eigenvalue weighted by Crippen LogP contribution is -2.19. The number of para-hydroxylation sites is 1. The maximum atomic E-state index is 6.15. The van der Waals surface area contributed by atoms with Crippen molar-refractivity contribution < 1.29 is 14.2 Å². The monoisotopic (exact) mass is 273 g/mol. The molecule has 4 heteroatoms. The minimum Gasteiger partial charge on any atom is -0.497 e. The van der Waals surface area contributed by atoms with Gasteiger partial charge in [-0.15, -0.1) is 0 Å². The summed E-state index contributed by atoms with van der Waals surface area (Å²) in [4.78, 5) is 0. The number of hydrogen-bond donors (Lipinski definition) is 1. The lowest BCUT2D eigenvalue weighted by molar-refractivity contribution is 0.290. The van der Waals surface area contributed by atoms with Crippen molar-refractivity contribution in [2.75, 3.05) is 20.8 Å². The SMILES string of the molecule is COc1cc(OC)cc(C(N)COc2ccccc2)c1. The highest BCUT2D eigenvalue weighted by Gasteiger charge is 2.10. The number of methoxy groups -OCH3 is 2. The highest BCUT2D eigenvalue weighted by atomic mass is 16.5. The van der Waals surface area contributed by atoms with E-state index in [4.69, 9.17) is 19.9 Å². The third-order valence-corrected chi connectivity index (χ3v) is 2.97. The quantitative estimate of drug-likeness (QED) is 0.879. The first-order chi connectivity index (χ1) is 9.72. The van der Waals surface area contributed by atoms with E-state index in [2.05, 4.69) is 0 Å². The van der Waals surface area contributed by atoms with E-state index in [0.717, 1.165) is 22.8 Å². The highest BCUT2D eigenvalue weighted by Crippen LogP contribution is 2.26. The first-order valence-corrected chi connectivity index (χ1v) is 6.39. The van der Waals surface area contributed by atoms with Crippen LogP contribution in [0.3, 0.4) is 0 Å². The third kappa shape index (κ3) is 3.65. The predicted octanol–water partition coefficient (Wildman–Crippen LogP) is 2.78. The maximum Gasteiger partial charge on any atom is 0.122 e. The van der Waals surface area contributed by atoms with Crippen LogP contribution in [0.25, 0.3) is 0 Å². The Bertz CT molecular complexity index is 520. The van der Waals surface area contributed by atoms with Crippen molar-refractivity contribution in [3.63, 3.8) is 0 Å². The van der Waals surface area contributed by atoms with Crippen molar-refractivity contribution in [3.8, 4) is 17.2 Å². The average Bonchev–Trinajstić information content (AvgIpc) is 2.52. The van der Waals surface area contributed by atoms with Crippen LogP contribution in [0.4, 0.5) is 0 Å². The summed E-state index contributed by atoms with van der Waals surface area (Å²) in [6.07, 6.45) is 0. The molecule has 0 aromatic heterocycles. The van der Waals surface area contributed by atoms with Gasteiger partial charge in [0.1, 0.15) is 23.9 Å². The molecular formula is C16H19NO3. The lowest BCUT2D eigenvalue weighted by Gasteiger charge is -2.15. The zero-order valence-electron chi connectivity index (χ0n) is 11.7. The van der Waals surface area contributed by atoms with Gasteiger partial charge in [0.05, 0.1) is 20.3 Å². The van der Waals surface area contributed by atoms with Crippen LogP contribution >= 0.6 is 0 Å². The van der Waals surface area contributed by atoms with Gasteiger partial charge in [-0.2, -0.15) is 0 Å². The van der Waals surface area contributed by atoms with Crippen LogP contribution in [-0.4, -0.2) is 20.8 Å². The second-order valence-electron chi connectivity index (χ2n) is 4.38. The zero-order chi connectivity index (χ0) is 14.4. The largest absolute Gasteiger partial charge is 0.497 e. The van der Waals surface area contributed by atoms with Gasteiger partial charge in [0.25, 0.3) is 0 Å². The molecule has 0 aliphatic carbocycles. The summed E-state index contributed by atoms with van der Waals surface area (Å²) < 4.78 is 16.1. The molecule has 0 heterocycles. The predicted molar refractivity (Wildman–Crippen MR) is 78.4 cm³/mol. The summed E-state index contributed by atoms with van der Waals surface area (Å²) in [7, 11) is 3.23. The maximum absolute atomic E-state index is 6.15. The standard InChI is InChI=1S/C16H19NO3/c1-18-14-8-12(9-15(10-14)19-2)16(17)11-20-13-6-4-3-5-7-13/h3-10,16H,11,17H2,1-2H3. The molecule has 4 nitrogen and oxygen atoms in total. The number of ether oxygens (including phenoxy) is 3. The fourth-order valence-corrected chi connectivity index (χ4v) is 1.84. The molecule has 0 saturated carbocycles. The van der Waals surface area contributed by atoms with Crippen LogP contribution in [0.15, 0.2) is 48.5 Å². The summed E-state index contributed by atoms with van der Waals surface area (Å²) >= 11 is 0. The van der Waals surface area contributed by atoms with E-state index in [1.54, 1.807) is 14.2 Å². The Labute approximate surface area is 119 Å². The molecular weight excluding hydrogens is 254 g/mol. The Balaban J connectivity index is 2.06. The Morgan fingerprint density at radius 1 is 0.900 bits per heavy atom.